The van der Waals surface area contributed by atoms with Gasteiger partial charge in [-0.05, 0) is 43.2 Å². The first-order valence-corrected chi connectivity index (χ1v) is 7.15. The first kappa shape index (κ1) is 12.2. The molecule has 1 aromatic carbocycles. The van der Waals surface area contributed by atoms with Gasteiger partial charge in [-0.25, -0.2) is 0 Å². The molecule has 16 heavy (non-hydrogen) atoms. The first-order valence-electron chi connectivity index (χ1n) is 5.04. The van der Waals surface area contributed by atoms with Crippen molar-refractivity contribution in [3.8, 4) is 0 Å². The van der Waals surface area contributed by atoms with E-state index in [2.05, 4.69) is 48.0 Å². The van der Waals surface area contributed by atoms with Crippen LogP contribution in [0.5, 0.6) is 0 Å². The maximum atomic E-state index is 5.88. The zero-order chi connectivity index (χ0) is 11.7. The summed E-state index contributed by atoms with van der Waals surface area (Å²) < 4.78 is 0. The largest absolute Gasteiger partial charge is 0.146 e. The third-order valence-corrected chi connectivity index (χ3v) is 4.77. The fourth-order valence-electron chi connectivity index (χ4n) is 1.71. The van der Waals surface area contributed by atoms with E-state index in [9.17, 15) is 0 Å². The molecule has 0 N–H and O–H groups in total. The predicted molar refractivity (Wildman–Crippen MR) is 76.0 cm³/mol. The van der Waals surface area contributed by atoms with Gasteiger partial charge in [0, 0.05) is 14.8 Å². The molecular weight excluding hydrogens is 304 g/mol. The smallest absolute Gasteiger partial charge is 0.0655 e. The second kappa shape index (κ2) is 4.91. The number of aryl methyl sites for hydroxylation is 2. The minimum Gasteiger partial charge on any atom is -0.146 e. The third kappa shape index (κ3) is 2.50. The highest BCUT2D eigenvalue weighted by atomic mass is 79.9. The van der Waals surface area contributed by atoms with Gasteiger partial charge in [0.05, 0.1) is 4.83 Å². The molecule has 0 radical (unpaired) electrons. The summed E-state index contributed by atoms with van der Waals surface area (Å²) in [5, 5.41) is 0.779. The molecule has 0 amide bonds. The summed E-state index contributed by atoms with van der Waals surface area (Å²) >= 11 is 11.5. The normalized spacial score (nSPS) is 12.8. The van der Waals surface area contributed by atoms with Gasteiger partial charge in [0.15, 0.2) is 0 Å². The van der Waals surface area contributed by atoms with E-state index in [1.165, 1.54) is 20.9 Å². The molecule has 0 nitrogen and oxygen atoms in total. The summed E-state index contributed by atoms with van der Waals surface area (Å²) in [5.74, 6) is 0. The van der Waals surface area contributed by atoms with E-state index in [1.54, 1.807) is 0 Å². The van der Waals surface area contributed by atoms with Crippen LogP contribution in [0.3, 0.4) is 0 Å². The Bertz CT molecular complexity index is 487. The quantitative estimate of drug-likeness (QED) is 0.642. The fourth-order valence-corrected chi connectivity index (χ4v) is 3.74. The van der Waals surface area contributed by atoms with Crippen LogP contribution in [-0.2, 0) is 0 Å². The first-order chi connectivity index (χ1) is 7.58. The van der Waals surface area contributed by atoms with E-state index in [0.717, 1.165) is 5.02 Å². The van der Waals surface area contributed by atoms with Gasteiger partial charge in [-0.15, -0.1) is 11.3 Å². The van der Waals surface area contributed by atoms with Crippen molar-refractivity contribution in [2.24, 2.45) is 0 Å². The molecule has 0 saturated carbocycles. The summed E-state index contributed by atoms with van der Waals surface area (Å²) in [5.41, 5.74) is 2.59. The molecule has 1 unspecified atom stereocenters. The van der Waals surface area contributed by atoms with Crippen molar-refractivity contribution in [1.82, 2.24) is 0 Å². The van der Waals surface area contributed by atoms with Gasteiger partial charge in [0.2, 0.25) is 0 Å². The van der Waals surface area contributed by atoms with Crippen LogP contribution in [-0.4, -0.2) is 0 Å². The fraction of sp³-hybridized carbons (Fsp3) is 0.231. The van der Waals surface area contributed by atoms with E-state index < -0.39 is 0 Å². The Hall–Kier alpha value is -0.310. The number of thiophene rings is 1. The van der Waals surface area contributed by atoms with Crippen molar-refractivity contribution < 1.29 is 0 Å². The zero-order valence-corrected chi connectivity index (χ0v) is 12.3. The van der Waals surface area contributed by atoms with Crippen LogP contribution < -0.4 is 0 Å². The van der Waals surface area contributed by atoms with Gasteiger partial charge in [-0.1, -0.05) is 39.7 Å². The van der Waals surface area contributed by atoms with E-state index in [-0.39, 0.29) is 4.83 Å². The van der Waals surface area contributed by atoms with Gasteiger partial charge in [0.25, 0.3) is 0 Å². The number of alkyl halides is 1. The standard InChI is InChI=1S/C13H12BrClS/c1-8-7-12(9(2)16-8)13(14)10-3-5-11(15)6-4-10/h3-7,13H,1-2H3. The van der Waals surface area contributed by atoms with E-state index in [4.69, 9.17) is 11.6 Å². The Morgan fingerprint density at radius 3 is 2.31 bits per heavy atom. The van der Waals surface area contributed by atoms with Crippen molar-refractivity contribution in [2.75, 3.05) is 0 Å². The Balaban J connectivity index is 2.35. The van der Waals surface area contributed by atoms with Crippen molar-refractivity contribution >= 4 is 38.9 Å². The number of rotatable bonds is 2. The number of hydrogen-bond donors (Lipinski definition) is 0. The molecule has 0 aliphatic carbocycles. The molecule has 1 atom stereocenters. The van der Waals surface area contributed by atoms with E-state index in [0.29, 0.717) is 0 Å². The summed E-state index contributed by atoms with van der Waals surface area (Å²) in [4.78, 5) is 2.98. The molecular formula is C13H12BrClS. The number of halogens is 2. The van der Waals surface area contributed by atoms with Gasteiger partial charge in [-0.3, -0.25) is 0 Å². The molecule has 3 heteroatoms. The molecule has 0 aliphatic rings. The Morgan fingerprint density at radius 2 is 1.81 bits per heavy atom. The molecule has 0 spiro atoms. The molecule has 0 aliphatic heterocycles. The monoisotopic (exact) mass is 314 g/mol. The van der Waals surface area contributed by atoms with Crippen LogP contribution in [0.4, 0.5) is 0 Å². The van der Waals surface area contributed by atoms with Gasteiger partial charge in [-0.2, -0.15) is 0 Å². The second-order valence-electron chi connectivity index (χ2n) is 3.78. The molecule has 2 aromatic rings. The molecule has 1 aromatic heterocycles. The van der Waals surface area contributed by atoms with Crippen LogP contribution in [0.1, 0.15) is 25.7 Å². The maximum Gasteiger partial charge on any atom is 0.0655 e. The zero-order valence-electron chi connectivity index (χ0n) is 9.13. The van der Waals surface area contributed by atoms with E-state index >= 15 is 0 Å². The van der Waals surface area contributed by atoms with E-state index in [1.807, 2.05) is 23.5 Å². The number of benzene rings is 1. The highest BCUT2D eigenvalue weighted by Crippen LogP contribution is 2.36. The van der Waals surface area contributed by atoms with Gasteiger partial charge in [0.1, 0.15) is 0 Å². The predicted octanol–water partition coefficient (Wildman–Crippen LogP) is 5.50. The lowest BCUT2D eigenvalue weighted by Crippen LogP contribution is -1.91. The lowest BCUT2D eigenvalue weighted by Gasteiger charge is -2.10. The summed E-state index contributed by atoms with van der Waals surface area (Å²) in [6.07, 6.45) is 0. The van der Waals surface area contributed by atoms with Crippen LogP contribution in [0, 0.1) is 13.8 Å². The molecule has 1 heterocycles. The second-order valence-corrected chi connectivity index (χ2v) is 6.60. The van der Waals surface area contributed by atoms with Crippen molar-refractivity contribution in [2.45, 2.75) is 18.7 Å². The van der Waals surface area contributed by atoms with Crippen LogP contribution >= 0.6 is 38.9 Å². The average Bonchev–Trinajstić information content (AvgIpc) is 2.58. The highest BCUT2D eigenvalue weighted by molar-refractivity contribution is 9.09. The minimum absolute atomic E-state index is 0.259. The molecule has 0 saturated heterocycles. The number of hydrogen-bond acceptors (Lipinski definition) is 1. The van der Waals surface area contributed by atoms with Gasteiger partial charge >= 0.3 is 0 Å². The SMILES string of the molecule is Cc1cc(C(Br)c2ccc(Cl)cc2)c(C)s1. The Morgan fingerprint density at radius 1 is 1.19 bits per heavy atom. The van der Waals surface area contributed by atoms with Crippen LogP contribution in [0.25, 0.3) is 0 Å². The summed E-state index contributed by atoms with van der Waals surface area (Å²) in [6, 6.07) is 10.2. The molecule has 2 rings (SSSR count). The summed E-state index contributed by atoms with van der Waals surface area (Å²) in [7, 11) is 0. The third-order valence-electron chi connectivity index (χ3n) is 2.52. The maximum absolute atomic E-state index is 5.88. The van der Waals surface area contributed by atoms with Gasteiger partial charge < -0.3 is 0 Å². The highest BCUT2D eigenvalue weighted by Gasteiger charge is 2.14. The summed E-state index contributed by atoms with van der Waals surface area (Å²) in [6.45, 7) is 4.31. The molecule has 0 bridgehead atoms. The van der Waals surface area contributed by atoms with Crippen molar-refractivity contribution in [3.63, 3.8) is 0 Å². The van der Waals surface area contributed by atoms with Crippen molar-refractivity contribution in [3.05, 3.63) is 56.2 Å². The Labute approximate surface area is 113 Å². The average molecular weight is 316 g/mol. The van der Waals surface area contributed by atoms with Crippen LogP contribution in [0.15, 0.2) is 30.3 Å². The Kier molecular flexibility index (Phi) is 3.73. The minimum atomic E-state index is 0.259. The lowest BCUT2D eigenvalue weighted by molar-refractivity contribution is 1.17. The lowest BCUT2D eigenvalue weighted by atomic mass is 10.1. The van der Waals surface area contributed by atoms with Crippen LogP contribution in [0.2, 0.25) is 5.02 Å². The molecule has 84 valence electrons. The van der Waals surface area contributed by atoms with Crippen molar-refractivity contribution in [1.29, 1.82) is 0 Å². The molecule has 0 fully saturated rings. The topological polar surface area (TPSA) is 0 Å².